The van der Waals surface area contributed by atoms with Crippen molar-refractivity contribution in [3.8, 4) is 5.75 Å². The number of aliphatic carboxylic acids is 1. The molecule has 1 aromatic rings. The van der Waals surface area contributed by atoms with E-state index in [9.17, 15) is 4.79 Å². The first-order valence-corrected chi connectivity index (χ1v) is 5.16. The summed E-state index contributed by atoms with van der Waals surface area (Å²) in [6.45, 7) is 4.27. The Morgan fingerprint density at radius 3 is 2.94 bits per heavy atom. The SMILES string of the molecule is Cc1cc2c(c(C(C)C(=O)O)c1)OCOC2. The van der Waals surface area contributed by atoms with E-state index in [4.69, 9.17) is 14.6 Å². The van der Waals surface area contributed by atoms with Crippen molar-refractivity contribution in [1.82, 2.24) is 0 Å². The molecule has 1 aliphatic rings. The fourth-order valence-corrected chi connectivity index (χ4v) is 1.87. The highest BCUT2D eigenvalue weighted by atomic mass is 16.7. The molecule has 0 radical (unpaired) electrons. The normalized spacial score (nSPS) is 16.1. The smallest absolute Gasteiger partial charge is 0.310 e. The van der Waals surface area contributed by atoms with Gasteiger partial charge in [-0.2, -0.15) is 0 Å². The van der Waals surface area contributed by atoms with E-state index >= 15 is 0 Å². The van der Waals surface area contributed by atoms with Crippen molar-refractivity contribution in [3.05, 3.63) is 28.8 Å². The third kappa shape index (κ3) is 1.88. The van der Waals surface area contributed by atoms with Crippen molar-refractivity contribution >= 4 is 5.97 Å². The first-order valence-electron chi connectivity index (χ1n) is 5.16. The highest BCUT2D eigenvalue weighted by Gasteiger charge is 2.23. The summed E-state index contributed by atoms with van der Waals surface area (Å²) in [5, 5.41) is 9.04. The zero-order chi connectivity index (χ0) is 11.7. The number of ether oxygens (including phenoxy) is 2. The van der Waals surface area contributed by atoms with Gasteiger partial charge in [0.1, 0.15) is 5.75 Å². The first kappa shape index (κ1) is 11.0. The van der Waals surface area contributed by atoms with Gasteiger partial charge in [-0.15, -0.1) is 0 Å². The van der Waals surface area contributed by atoms with Gasteiger partial charge in [-0.1, -0.05) is 17.7 Å². The zero-order valence-corrected chi connectivity index (χ0v) is 9.32. The Hall–Kier alpha value is -1.55. The Labute approximate surface area is 93.8 Å². The molecular formula is C12H14O4. The van der Waals surface area contributed by atoms with Gasteiger partial charge in [0.2, 0.25) is 0 Å². The second-order valence-electron chi connectivity index (χ2n) is 4.01. The second kappa shape index (κ2) is 4.14. The summed E-state index contributed by atoms with van der Waals surface area (Å²) in [5.74, 6) is -0.735. The molecule has 1 heterocycles. The molecule has 0 fully saturated rings. The number of rotatable bonds is 2. The number of aryl methyl sites for hydroxylation is 1. The minimum Gasteiger partial charge on any atom is -0.481 e. The Bertz CT molecular complexity index is 425. The minimum absolute atomic E-state index is 0.190. The number of carbonyl (C=O) groups is 1. The molecule has 4 heteroatoms. The molecule has 0 spiro atoms. The molecule has 1 aromatic carbocycles. The maximum Gasteiger partial charge on any atom is 0.310 e. The molecule has 0 amide bonds. The summed E-state index contributed by atoms with van der Waals surface area (Å²) in [5.41, 5.74) is 2.68. The summed E-state index contributed by atoms with van der Waals surface area (Å²) in [4.78, 5) is 11.0. The van der Waals surface area contributed by atoms with Crippen LogP contribution in [-0.4, -0.2) is 17.9 Å². The van der Waals surface area contributed by atoms with Crippen LogP contribution in [-0.2, 0) is 16.1 Å². The molecule has 0 aromatic heterocycles. The van der Waals surface area contributed by atoms with Crippen LogP contribution in [0.2, 0.25) is 0 Å². The molecule has 1 unspecified atom stereocenters. The number of carboxylic acid groups (broad SMARTS) is 1. The van der Waals surface area contributed by atoms with Crippen LogP contribution < -0.4 is 4.74 Å². The molecule has 0 bridgehead atoms. The van der Waals surface area contributed by atoms with Crippen molar-refractivity contribution < 1.29 is 19.4 Å². The highest BCUT2D eigenvalue weighted by Crippen LogP contribution is 2.34. The van der Waals surface area contributed by atoms with Crippen molar-refractivity contribution in [2.75, 3.05) is 6.79 Å². The quantitative estimate of drug-likeness (QED) is 0.832. The highest BCUT2D eigenvalue weighted by molar-refractivity contribution is 5.77. The lowest BCUT2D eigenvalue weighted by molar-refractivity contribution is -0.138. The Morgan fingerprint density at radius 2 is 2.25 bits per heavy atom. The topological polar surface area (TPSA) is 55.8 Å². The molecule has 4 nitrogen and oxygen atoms in total. The monoisotopic (exact) mass is 222 g/mol. The Morgan fingerprint density at radius 1 is 1.50 bits per heavy atom. The molecule has 0 aliphatic carbocycles. The molecular weight excluding hydrogens is 208 g/mol. The number of fused-ring (bicyclic) bond motifs is 1. The molecule has 1 atom stereocenters. The van der Waals surface area contributed by atoms with Crippen LogP contribution in [0, 0.1) is 6.92 Å². The number of carboxylic acids is 1. The van der Waals surface area contributed by atoms with E-state index in [0.717, 1.165) is 16.7 Å². The largest absolute Gasteiger partial charge is 0.481 e. The number of hydrogen-bond donors (Lipinski definition) is 1. The predicted molar refractivity (Wildman–Crippen MR) is 57.5 cm³/mol. The fraction of sp³-hybridized carbons (Fsp3) is 0.417. The van der Waals surface area contributed by atoms with E-state index in [1.807, 2.05) is 19.1 Å². The van der Waals surface area contributed by atoms with Crippen molar-refractivity contribution in [1.29, 1.82) is 0 Å². The van der Waals surface area contributed by atoms with Crippen LogP contribution in [0.3, 0.4) is 0 Å². The van der Waals surface area contributed by atoms with E-state index < -0.39 is 11.9 Å². The summed E-state index contributed by atoms with van der Waals surface area (Å²) < 4.78 is 10.6. The van der Waals surface area contributed by atoms with Gasteiger partial charge in [0, 0.05) is 11.1 Å². The average Bonchev–Trinajstić information content (AvgIpc) is 2.26. The molecule has 1 aliphatic heterocycles. The Balaban J connectivity index is 2.51. The van der Waals surface area contributed by atoms with Gasteiger partial charge in [-0.25, -0.2) is 0 Å². The second-order valence-corrected chi connectivity index (χ2v) is 4.01. The summed E-state index contributed by atoms with van der Waals surface area (Å²) in [7, 11) is 0. The standard InChI is InChI=1S/C12H14O4/c1-7-3-9-5-15-6-16-11(9)10(4-7)8(2)12(13)14/h3-4,8H,5-6H2,1-2H3,(H,13,14). The Kier molecular flexibility index (Phi) is 2.83. The molecule has 1 N–H and O–H groups in total. The van der Waals surface area contributed by atoms with Crippen molar-refractivity contribution in [3.63, 3.8) is 0 Å². The average molecular weight is 222 g/mol. The third-order valence-corrected chi connectivity index (χ3v) is 2.72. The lowest BCUT2D eigenvalue weighted by Gasteiger charge is -2.22. The lowest BCUT2D eigenvalue weighted by Crippen LogP contribution is -2.16. The summed E-state index contributed by atoms with van der Waals surface area (Å²) >= 11 is 0. The van der Waals surface area contributed by atoms with Crippen LogP contribution in [0.1, 0.15) is 29.5 Å². The van der Waals surface area contributed by atoms with Gasteiger partial charge in [-0.3, -0.25) is 4.79 Å². The van der Waals surface area contributed by atoms with Gasteiger partial charge < -0.3 is 14.6 Å². The summed E-state index contributed by atoms with van der Waals surface area (Å²) in [6.07, 6.45) is 0. The van der Waals surface area contributed by atoms with Gasteiger partial charge in [0.15, 0.2) is 6.79 Å². The van der Waals surface area contributed by atoms with E-state index in [-0.39, 0.29) is 6.79 Å². The minimum atomic E-state index is -0.845. The van der Waals surface area contributed by atoms with Crippen molar-refractivity contribution in [2.24, 2.45) is 0 Å². The molecule has 86 valence electrons. The predicted octanol–water partition coefficient (Wildman–Crippen LogP) is 2.05. The third-order valence-electron chi connectivity index (χ3n) is 2.72. The van der Waals surface area contributed by atoms with Gasteiger partial charge >= 0.3 is 5.97 Å². The zero-order valence-electron chi connectivity index (χ0n) is 9.32. The number of hydrogen-bond acceptors (Lipinski definition) is 3. The lowest BCUT2D eigenvalue weighted by atomic mass is 9.95. The molecule has 0 saturated heterocycles. The fourth-order valence-electron chi connectivity index (χ4n) is 1.87. The van der Waals surface area contributed by atoms with E-state index in [1.54, 1.807) is 6.92 Å². The van der Waals surface area contributed by atoms with Crippen LogP contribution in [0.5, 0.6) is 5.75 Å². The maximum absolute atomic E-state index is 11.0. The first-order chi connectivity index (χ1) is 7.59. The van der Waals surface area contributed by atoms with E-state index in [2.05, 4.69) is 0 Å². The van der Waals surface area contributed by atoms with E-state index in [0.29, 0.717) is 12.4 Å². The van der Waals surface area contributed by atoms with Gasteiger partial charge in [0.05, 0.1) is 12.5 Å². The van der Waals surface area contributed by atoms with Crippen molar-refractivity contribution in [2.45, 2.75) is 26.4 Å². The summed E-state index contributed by atoms with van der Waals surface area (Å²) in [6, 6.07) is 3.83. The molecule has 0 saturated carbocycles. The van der Waals surface area contributed by atoms with Crippen LogP contribution in [0.15, 0.2) is 12.1 Å². The van der Waals surface area contributed by atoms with E-state index in [1.165, 1.54) is 0 Å². The van der Waals surface area contributed by atoms with Gasteiger partial charge in [-0.05, 0) is 13.8 Å². The van der Waals surface area contributed by atoms with Crippen LogP contribution >= 0.6 is 0 Å². The molecule has 16 heavy (non-hydrogen) atoms. The molecule has 2 rings (SSSR count). The van der Waals surface area contributed by atoms with Crippen LogP contribution in [0.25, 0.3) is 0 Å². The van der Waals surface area contributed by atoms with Gasteiger partial charge in [0.25, 0.3) is 0 Å². The maximum atomic E-state index is 11.0. The van der Waals surface area contributed by atoms with Crippen LogP contribution in [0.4, 0.5) is 0 Å². The number of benzene rings is 1.